The maximum Gasteiger partial charge on any atom is 0.300 e. The predicted molar refractivity (Wildman–Crippen MR) is 114 cm³/mol. The van der Waals surface area contributed by atoms with E-state index in [1.807, 2.05) is 6.92 Å². The number of carbonyl (C=O) groups is 2. The second-order valence-corrected chi connectivity index (χ2v) is 7.44. The summed E-state index contributed by atoms with van der Waals surface area (Å²) >= 11 is 6.40. The normalized spacial score (nSPS) is 18.1. The lowest BCUT2D eigenvalue weighted by Gasteiger charge is -2.26. The van der Waals surface area contributed by atoms with Gasteiger partial charge in [-0.15, -0.1) is 0 Å². The van der Waals surface area contributed by atoms with Gasteiger partial charge >= 0.3 is 0 Å². The number of nitrogens with zero attached hydrogens (tertiary/aromatic N) is 1. The van der Waals surface area contributed by atoms with Gasteiger partial charge in [0.1, 0.15) is 11.6 Å². The molecule has 1 N–H and O–H groups in total. The zero-order valence-electron chi connectivity index (χ0n) is 16.0. The maximum absolute atomic E-state index is 13.4. The number of rotatable bonds is 3. The summed E-state index contributed by atoms with van der Waals surface area (Å²) in [6, 6.07) is 18.1. The molecule has 150 valence electrons. The number of amides is 1. The molecule has 1 heterocycles. The lowest BCUT2D eigenvalue weighted by Crippen LogP contribution is -2.29. The van der Waals surface area contributed by atoms with Crippen LogP contribution in [0, 0.1) is 12.7 Å². The molecule has 30 heavy (non-hydrogen) atoms. The van der Waals surface area contributed by atoms with Gasteiger partial charge in [-0.05, 0) is 42.8 Å². The Kier molecular flexibility index (Phi) is 5.14. The summed E-state index contributed by atoms with van der Waals surface area (Å²) in [7, 11) is 0. The molecule has 3 aromatic carbocycles. The number of aliphatic hydroxyl groups is 1. The fourth-order valence-electron chi connectivity index (χ4n) is 3.56. The average molecular weight is 422 g/mol. The van der Waals surface area contributed by atoms with Crippen LogP contribution < -0.4 is 4.90 Å². The summed E-state index contributed by atoms with van der Waals surface area (Å²) in [4.78, 5) is 27.2. The predicted octanol–water partition coefficient (Wildman–Crippen LogP) is 5.41. The monoisotopic (exact) mass is 421 g/mol. The van der Waals surface area contributed by atoms with Gasteiger partial charge in [0.25, 0.3) is 11.7 Å². The average Bonchev–Trinajstić information content (AvgIpc) is 3.00. The van der Waals surface area contributed by atoms with Gasteiger partial charge in [0.2, 0.25) is 0 Å². The minimum Gasteiger partial charge on any atom is -0.507 e. The molecule has 1 atom stereocenters. The second-order valence-electron chi connectivity index (χ2n) is 7.03. The molecule has 1 aliphatic rings. The van der Waals surface area contributed by atoms with E-state index in [-0.39, 0.29) is 11.3 Å². The van der Waals surface area contributed by atoms with Gasteiger partial charge in [-0.1, -0.05) is 59.6 Å². The van der Waals surface area contributed by atoms with Crippen molar-refractivity contribution in [1.82, 2.24) is 0 Å². The van der Waals surface area contributed by atoms with E-state index in [9.17, 15) is 19.1 Å². The first-order chi connectivity index (χ1) is 14.4. The molecule has 6 heteroatoms. The van der Waals surface area contributed by atoms with Crippen LogP contribution in [0.1, 0.15) is 22.7 Å². The number of aryl methyl sites for hydroxylation is 1. The molecular formula is C24H17ClFNO3. The quantitative estimate of drug-likeness (QED) is 0.349. The van der Waals surface area contributed by atoms with Crippen LogP contribution >= 0.6 is 11.6 Å². The van der Waals surface area contributed by atoms with Crippen LogP contribution in [-0.4, -0.2) is 16.8 Å². The van der Waals surface area contributed by atoms with Crippen molar-refractivity contribution in [2.75, 3.05) is 4.90 Å². The zero-order chi connectivity index (χ0) is 21.4. The summed E-state index contributed by atoms with van der Waals surface area (Å²) in [5.41, 5.74) is 2.14. The Bertz CT molecular complexity index is 1170. The van der Waals surface area contributed by atoms with E-state index in [0.717, 1.165) is 5.56 Å². The molecule has 1 fully saturated rings. The van der Waals surface area contributed by atoms with Gasteiger partial charge in [-0.3, -0.25) is 14.5 Å². The molecule has 3 aromatic rings. The summed E-state index contributed by atoms with van der Waals surface area (Å²) in [6.07, 6.45) is 0. The summed E-state index contributed by atoms with van der Waals surface area (Å²) in [5, 5.41) is 11.3. The number of aliphatic hydroxyl groups excluding tert-OH is 1. The number of anilines is 1. The molecule has 1 unspecified atom stereocenters. The van der Waals surface area contributed by atoms with Crippen LogP contribution in [0.15, 0.2) is 78.4 Å². The first kappa shape index (κ1) is 19.9. The number of hydrogen-bond acceptors (Lipinski definition) is 3. The maximum atomic E-state index is 13.4. The van der Waals surface area contributed by atoms with E-state index in [2.05, 4.69) is 0 Å². The third kappa shape index (κ3) is 3.37. The Hall–Kier alpha value is -3.44. The summed E-state index contributed by atoms with van der Waals surface area (Å²) in [6.45, 7) is 1.90. The molecule has 1 amide bonds. The molecule has 4 nitrogen and oxygen atoms in total. The third-order valence-electron chi connectivity index (χ3n) is 5.07. The molecule has 1 saturated heterocycles. The number of Topliss-reactive ketones (excluding diaryl/α,β-unsaturated/α-hetero) is 1. The first-order valence-electron chi connectivity index (χ1n) is 9.26. The number of benzene rings is 3. The van der Waals surface area contributed by atoms with Crippen molar-refractivity contribution in [3.8, 4) is 0 Å². The third-order valence-corrected chi connectivity index (χ3v) is 5.42. The smallest absolute Gasteiger partial charge is 0.300 e. The van der Waals surface area contributed by atoms with Gasteiger partial charge < -0.3 is 5.11 Å². The van der Waals surface area contributed by atoms with E-state index < -0.39 is 23.5 Å². The van der Waals surface area contributed by atoms with Crippen molar-refractivity contribution in [2.45, 2.75) is 13.0 Å². The number of carbonyl (C=O) groups excluding carboxylic acids is 2. The first-order valence-corrected chi connectivity index (χ1v) is 9.64. The van der Waals surface area contributed by atoms with Crippen LogP contribution in [-0.2, 0) is 9.59 Å². The molecular weight excluding hydrogens is 405 g/mol. The highest BCUT2D eigenvalue weighted by Gasteiger charge is 2.47. The highest BCUT2D eigenvalue weighted by atomic mass is 35.5. The Morgan fingerprint density at radius 3 is 2.23 bits per heavy atom. The van der Waals surface area contributed by atoms with Crippen molar-refractivity contribution in [2.24, 2.45) is 0 Å². The molecule has 0 radical (unpaired) electrons. The Morgan fingerprint density at radius 1 is 0.967 bits per heavy atom. The summed E-state index contributed by atoms with van der Waals surface area (Å²) in [5.74, 6) is -2.41. The zero-order valence-corrected chi connectivity index (χ0v) is 16.7. The Morgan fingerprint density at radius 2 is 1.60 bits per heavy atom. The van der Waals surface area contributed by atoms with E-state index in [1.165, 1.54) is 29.2 Å². The Labute approximate surface area is 177 Å². The van der Waals surface area contributed by atoms with Crippen LogP contribution in [0.25, 0.3) is 5.76 Å². The molecule has 0 bridgehead atoms. The van der Waals surface area contributed by atoms with Crippen molar-refractivity contribution in [1.29, 1.82) is 0 Å². The van der Waals surface area contributed by atoms with Crippen LogP contribution in [0.3, 0.4) is 0 Å². The Balaban J connectivity index is 1.96. The SMILES string of the molecule is Cc1ccc(C(O)=C2C(=O)C(=O)N(c3ccc(F)cc3)C2c2ccccc2Cl)cc1. The fraction of sp³-hybridized carbons (Fsp3) is 0.0833. The highest BCUT2D eigenvalue weighted by Crippen LogP contribution is 2.44. The highest BCUT2D eigenvalue weighted by molar-refractivity contribution is 6.52. The molecule has 0 aliphatic carbocycles. The summed E-state index contributed by atoms with van der Waals surface area (Å²) < 4.78 is 13.4. The lowest BCUT2D eigenvalue weighted by atomic mass is 9.95. The fourth-order valence-corrected chi connectivity index (χ4v) is 3.80. The van der Waals surface area contributed by atoms with Gasteiger partial charge in [-0.2, -0.15) is 0 Å². The van der Waals surface area contributed by atoms with Gasteiger partial charge in [0.15, 0.2) is 0 Å². The van der Waals surface area contributed by atoms with Gasteiger partial charge in [0.05, 0.1) is 11.6 Å². The van der Waals surface area contributed by atoms with Crippen LogP contribution in [0.4, 0.5) is 10.1 Å². The minimum atomic E-state index is -0.953. The number of hydrogen-bond donors (Lipinski definition) is 1. The minimum absolute atomic E-state index is 0.0683. The van der Waals surface area contributed by atoms with Crippen LogP contribution in [0.2, 0.25) is 5.02 Å². The van der Waals surface area contributed by atoms with Crippen molar-refractivity contribution in [3.63, 3.8) is 0 Å². The van der Waals surface area contributed by atoms with Crippen molar-refractivity contribution in [3.05, 3.63) is 106 Å². The van der Waals surface area contributed by atoms with E-state index in [4.69, 9.17) is 11.6 Å². The largest absolute Gasteiger partial charge is 0.507 e. The van der Waals surface area contributed by atoms with Gasteiger partial charge in [-0.25, -0.2) is 4.39 Å². The number of ketones is 1. The molecule has 1 aliphatic heterocycles. The van der Waals surface area contributed by atoms with E-state index >= 15 is 0 Å². The number of halogens is 2. The molecule has 4 rings (SSSR count). The van der Waals surface area contributed by atoms with E-state index in [1.54, 1.807) is 48.5 Å². The van der Waals surface area contributed by atoms with Crippen molar-refractivity contribution >= 4 is 34.7 Å². The topological polar surface area (TPSA) is 57.6 Å². The van der Waals surface area contributed by atoms with Crippen molar-refractivity contribution < 1.29 is 19.1 Å². The van der Waals surface area contributed by atoms with Gasteiger partial charge in [0, 0.05) is 16.3 Å². The lowest BCUT2D eigenvalue weighted by molar-refractivity contribution is -0.132. The molecule has 0 spiro atoms. The molecule has 0 saturated carbocycles. The van der Waals surface area contributed by atoms with Crippen LogP contribution in [0.5, 0.6) is 0 Å². The molecule has 0 aromatic heterocycles. The second kappa shape index (κ2) is 7.76. The standard InChI is InChI=1S/C24H17ClFNO3/c1-14-6-8-15(9-7-14)22(28)20-21(18-4-2-3-5-19(18)25)27(24(30)23(20)29)17-12-10-16(26)11-13-17/h2-13,21,28H,1H3. The van der Waals surface area contributed by atoms with E-state index in [0.29, 0.717) is 21.8 Å².